The molecule has 116 valence electrons. The highest BCUT2D eigenvalue weighted by Gasteiger charge is 2.28. The van der Waals surface area contributed by atoms with Crippen LogP contribution in [-0.4, -0.2) is 25.6 Å². The number of Topliss-reactive ketones (excluding diaryl/α,β-unsaturated/α-hetero) is 1. The number of nitrogens with one attached hydrogen (secondary N) is 1. The summed E-state index contributed by atoms with van der Waals surface area (Å²) in [6, 6.07) is 13.0. The van der Waals surface area contributed by atoms with Gasteiger partial charge in [-0.1, -0.05) is 42.0 Å². The summed E-state index contributed by atoms with van der Waals surface area (Å²) < 4.78 is 28.8. The molecule has 0 unspecified atom stereocenters. The van der Waals surface area contributed by atoms with Gasteiger partial charge in [-0.2, -0.15) is 12.8 Å². The minimum absolute atomic E-state index is 0.0824. The first-order valence-electron chi connectivity index (χ1n) is 7.00. The van der Waals surface area contributed by atoms with Gasteiger partial charge in [0.25, 0.3) is 10.0 Å². The summed E-state index contributed by atoms with van der Waals surface area (Å²) in [4.78, 5) is 12.1. The minimum atomic E-state index is -3.88. The van der Waals surface area contributed by atoms with E-state index in [9.17, 15) is 13.2 Å². The topological polar surface area (TPSA) is 87.4 Å². The van der Waals surface area contributed by atoms with Crippen molar-refractivity contribution < 1.29 is 13.2 Å². The van der Waals surface area contributed by atoms with E-state index in [1.165, 1.54) is 12.1 Å². The Balaban J connectivity index is 2.12. The first kappa shape index (κ1) is 15.3. The van der Waals surface area contributed by atoms with Gasteiger partial charge in [0.15, 0.2) is 0 Å². The average Bonchev–Trinajstić information content (AvgIpc) is 2.52. The molecule has 0 bridgehead atoms. The van der Waals surface area contributed by atoms with E-state index < -0.39 is 10.0 Å². The van der Waals surface area contributed by atoms with Gasteiger partial charge in [-0.3, -0.25) is 4.79 Å². The molecule has 0 amide bonds. The summed E-state index contributed by atoms with van der Waals surface area (Å²) in [6.07, 6.45) is -0.0824. The normalized spacial score (nSPS) is 16.5. The molecule has 3 rings (SSSR count). The number of aryl methyl sites for hydroxylation is 1. The number of benzene rings is 2. The van der Waals surface area contributed by atoms with Gasteiger partial charge >= 0.3 is 0 Å². The summed E-state index contributed by atoms with van der Waals surface area (Å²) >= 11 is 0. The van der Waals surface area contributed by atoms with E-state index >= 15 is 0 Å². The first-order chi connectivity index (χ1) is 10.9. The molecule has 0 saturated heterocycles. The third-order valence-corrected chi connectivity index (χ3v) is 4.98. The molecule has 1 N–H and O–H groups in total. The van der Waals surface area contributed by atoms with Crippen LogP contribution in [0, 0.1) is 12.3 Å². The van der Waals surface area contributed by atoms with Crippen LogP contribution in [0.1, 0.15) is 27.9 Å². The average molecular weight is 326 g/mol. The van der Waals surface area contributed by atoms with Gasteiger partial charge in [0.2, 0.25) is 5.78 Å². The molecule has 0 heterocycles. The second-order valence-electron chi connectivity index (χ2n) is 5.36. The Kier molecular flexibility index (Phi) is 3.69. The molecule has 0 saturated carbocycles. The molecule has 2 aromatic carbocycles. The number of sulfonamides is 1. The van der Waals surface area contributed by atoms with Crippen LogP contribution in [-0.2, 0) is 10.0 Å². The van der Waals surface area contributed by atoms with Gasteiger partial charge in [-0.05, 0) is 19.1 Å². The second-order valence-corrected chi connectivity index (χ2v) is 6.96. The first-order valence-corrected chi connectivity index (χ1v) is 8.44. The molecule has 0 aliphatic heterocycles. The molecule has 6 heteroatoms. The lowest BCUT2D eigenvalue weighted by atomic mass is 9.88. The van der Waals surface area contributed by atoms with Gasteiger partial charge in [-0.15, -0.1) is 0 Å². The number of ketones is 1. The Morgan fingerprint density at radius 2 is 1.61 bits per heavy atom. The molecule has 23 heavy (non-hydrogen) atoms. The Morgan fingerprint density at radius 3 is 2.26 bits per heavy atom. The summed E-state index contributed by atoms with van der Waals surface area (Å²) in [6.45, 7) is 1.87. The molecule has 1 aliphatic rings. The Hall–Kier alpha value is -2.60. The molecule has 5 nitrogen and oxygen atoms in total. The molecule has 0 radical (unpaired) electrons. The van der Waals surface area contributed by atoms with Crippen LogP contribution in [0.15, 0.2) is 57.8 Å². The Morgan fingerprint density at radius 1 is 1.00 bits per heavy atom. The van der Waals surface area contributed by atoms with Crippen molar-refractivity contribution in [1.29, 1.82) is 5.41 Å². The van der Waals surface area contributed by atoms with Crippen molar-refractivity contribution in [3.05, 3.63) is 65.2 Å². The van der Waals surface area contributed by atoms with E-state index in [-0.39, 0.29) is 28.5 Å². The van der Waals surface area contributed by atoms with Crippen LogP contribution < -0.4 is 0 Å². The third-order valence-electron chi connectivity index (χ3n) is 3.65. The number of nitrogens with zero attached hydrogens (tertiary/aromatic N) is 1. The van der Waals surface area contributed by atoms with Crippen LogP contribution in [0.3, 0.4) is 0 Å². The number of carbonyl (C=O) groups is 1. The van der Waals surface area contributed by atoms with Gasteiger partial charge in [0.1, 0.15) is 0 Å². The van der Waals surface area contributed by atoms with Crippen LogP contribution in [0.4, 0.5) is 0 Å². The smallest absolute Gasteiger partial charge is 0.282 e. The monoisotopic (exact) mass is 326 g/mol. The number of hydrogen-bond donors (Lipinski definition) is 1. The summed E-state index contributed by atoms with van der Waals surface area (Å²) in [5.74, 6) is -0.382. The van der Waals surface area contributed by atoms with Crippen molar-refractivity contribution in [1.82, 2.24) is 0 Å². The van der Waals surface area contributed by atoms with Crippen molar-refractivity contribution in [2.45, 2.75) is 18.2 Å². The summed E-state index contributed by atoms with van der Waals surface area (Å²) in [7, 11) is -3.88. The SMILES string of the molecule is Cc1ccc(S(=O)(=O)N=C2CC(=N)C(=O)c3ccccc32)cc1. The maximum absolute atomic E-state index is 12.5. The van der Waals surface area contributed by atoms with Crippen molar-refractivity contribution in [2.75, 3.05) is 0 Å². The van der Waals surface area contributed by atoms with Crippen LogP contribution >= 0.6 is 0 Å². The highest BCUT2D eigenvalue weighted by atomic mass is 32.2. The molecule has 1 aliphatic carbocycles. The van der Waals surface area contributed by atoms with Crippen molar-refractivity contribution >= 4 is 27.2 Å². The molecule has 0 aromatic heterocycles. The maximum atomic E-state index is 12.5. The summed E-state index contributed by atoms with van der Waals surface area (Å²) in [5.41, 5.74) is 1.82. The van der Waals surface area contributed by atoms with E-state index in [1.807, 2.05) is 6.92 Å². The standard InChI is InChI=1S/C17H14N2O3S/c1-11-6-8-12(9-7-11)23(21,22)19-16-10-15(18)17(20)14-5-3-2-4-13(14)16/h2-9,18H,10H2,1H3. The fourth-order valence-electron chi connectivity index (χ4n) is 2.43. The van der Waals surface area contributed by atoms with Gasteiger partial charge < -0.3 is 5.41 Å². The minimum Gasteiger partial charge on any atom is -0.301 e. The highest BCUT2D eigenvalue weighted by Crippen LogP contribution is 2.22. The molecule has 0 fully saturated rings. The third kappa shape index (κ3) is 2.85. The number of hydrogen-bond acceptors (Lipinski definition) is 4. The molecule has 0 spiro atoms. The fraction of sp³-hybridized carbons (Fsp3) is 0.118. The predicted molar refractivity (Wildman–Crippen MR) is 88.0 cm³/mol. The number of fused-ring (bicyclic) bond motifs is 1. The van der Waals surface area contributed by atoms with Gasteiger partial charge in [-0.25, -0.2) is 0 Å². The molecular formula is C17H14N2O3S. The maximum Gasteiger partial charge on any atom is 0.282 e. The predicted octanol–water partition coefficient (Wildman–Crippen LogP) is 2.78. The summed E-state index contributed by atoms with van der Waals surface area (Å²) in [5, 5.41) is 7.77. The highest BCUT2D eigenvalue weighted by molar-refractivity contribution is 7.90. The number of carbonyl (C=O) groups excluding carboxylic acids is 1. The van der Waals surface area contributed by atoms with Crippen LogP contribution in [0.2, 0.25) is 0 Å². The van der Waals surface area contributed by atoms with Crippen LogP contribution in [0.25, 0.3) is 0 Å². The lowest BCUT2D eigenvalue weighted by Gasteiger charge is -2.17. The molecule has 2 aromatic rings. The quantitative estimate of drug-likeness (QED) is 0.920. The molecular weight excluding hydrogens is 312 g/mol. The van der Waals surface area contributed by atoms with E-state index in [0.717, 1.165) is 5.56 Å². The zero-order chi connectivity index (χ0) is 16.6. The fourth-order valence-corrected chi connectivity index (χ4v) is 3.47. The van der Waals surface area contributed by atoms with E-state index in [2.05, 4.69) is 4.40 Å². The lowest BCUT2D eigenvalue weighted by Crippen LogP contribution is -2.27. The number of rotatable bonds is 2. The van der Waals surface area contributed by atoms with Gasteiger partial charge in [0, 0.05) is 17.5 Å². The zero-order valence-electron chi connectivity index (χ0n) is 12.4. The largest absolute Gasteiger partial charge is 0.301 e. The molecule has 0 atom stereocenters. The van der Waals surface area contributed by atoms with Crippen LogP contribution in [0.5, 0.6) is 0 Å². The van der Waals surface area contributed by atoms with E-state index in [0.29, 0.717) is 11.1 Å². The van der Waals surface area contributed by atoms with E-state index in [1.54, 1.807) is 36.4 Å². The van der Waals surface area contributed by atoms with Crippen molar-refractivity contribution in [3.8, 4) is 0 Å². The zero-order valence-corrected chi connectivity index (χ0v) is 13.2. The van der Waals surface area contributed by atoms with E-state index in [4.69, 9.17) is 5.41 Å². The van der Waals surface area contributed by atoms with Crippen molar-refractivity contribution in [2.24, 2.45) is 4.40 Å². The van der Waals surface area contributed by atoms with Crippen molar-refractivity contribution in [3.63, 3.8) is 0 Å². The Bertz CT molecular complexity index is 942. The van der Waals surface area contributed by atoms with Gasteiger partial charge in [0.05, 0.1) is 16.3 Å². The second kappa shape index (κ2) is 5.55. The lowest BCUT2D eigenvalue weighted by molar-refractivity contribution is 0.106. The Labute approximate surface area is 134 Å².